The highest BCUT2D eigenvalue weighted by Crippen LogP contribution is 2.33. The maximum absolute atomic E-state index is 9.71. The Morgan fingerprint density at radius 3 is 3.12 bits per heavy atom. The zero-order valence-corrected chi connectivity index (χ0v) is 10.2. The van der Waals surface area contributed by atoms with E-state index >= 15 is 0 Å². The molecule has 1 N–H and O–H groups in total. The minimum Gasteiger partial charge on any atom is -0.488 e. The second kappa shape index (κ2) is 4.51. The monoisotopic (exact) mass is 246 g/mol. The zero-order valence-electron chi connectivity index (χ0n) is 9.43. The largest absolute Gasteiger partial charge is 0.488 e. The van der Waals surface area contributed by atoms with Crippen molar-refractivity contribution in [3.8, 4) is 5.75 Å². The van der Waals surface area contributed by atoms with Gasteiger partial charge in [0.25, 0.3) is 0 Å². The van der Waals surface area contributed by atoms with E-state index in [9.17, 15) is 5.11 Å². The molecule has 0 saturated heterocycles. The SMILES string of the molecule is O[C@@H]1CCc2cc(OCc3cccs3)ccc21. The highest BCUT2D eigenvalue weighted by Gasteiger charge is 2.20. The lowest BCUT2D eigenvalue weighted by atomic mass is 10.1. The van der Waals surface area contributed by atoms with Gasteiger partial charge in [-0.3, -0.25) is 0 Å². The first-order chi connectivity index (χ1) is 8.33. The molecule has 3 rings (SSSR count). The first kappa shape index (κ1) is 10.8. The van der Waals surface area contributed by atoms with Crippen molar-refractivity contribution in [2.24, 2.45) is 0 Å². The Morgan fingerprint density at radius 2 is 2.29 bits per heavy atom. The molecule has 1 aliphatic rings. The zero-order chi connectivity index (χ0) is 11.7. The second-order valence-electron chi connectivity index (χ2n) is 4.28. The van der Waals surface area contributed by atoms with E-state index in [1.54, 1.807) is 11.3 Å². The van der Waals surface area contributed by atoms with Crippen molar-refractivity contribution in [2.75, 3.05) is 0 Å². The number of aliphatic hydroxyl groups is 1. The molecule has 0 fully saturated rings. The fraction of sp³-hybridized carbons (Fsp3) is 0.286. The maximum Gasteiger partial charge on any atom is 0.122 e. The summed E-state index contributed by atoms with van der Waals surface area (Å²) in [6.45, 7) is 0.624. The van der Waals surface area contributed by atoms with Crippen molar-refractivity contribution in [1.82, 2.24) is 0 Å². The van der Waals surface area contributed by atoms with Crippen LogP contribution < -0.4 is 4.74 Å². The van der Waals surface area contributed by atoms with Gasteiger partial charge in [0, 0.05) is 4.88 Å². The number of thiophene rings is 1. The van der Waals surface area contributed by atoms with Crippen LogP contribution in [-0.4, -0.2) is 5.11 Å². The molecule has 0 amide bonds. The summed E-state index contributed by atoms with van der Waals surface area (Å²) in [4.78, 5) is 1.23. The van der Waals surface area contributed by atoms with Gasteiger partial charge in [0.05, 0.1) is 6.10 Å². The maximum atomic E-state index is 9.71. The molecule has 17 heavy (non-hydrogen) atoms. The summed E-state index contributed by atoms with van der Waals surface area (Å²) >= 11 is 1.70. The Labute approximate surface area is 104 Å². The third kappa shape index (κ3) is 2.21. The molecule has 1 atom stereocenters. The summed E-state index contributed by atoms with van der Waals surface area (Å²) in [5.41, 5.74) is 2.29. The molecule has 0 aliphatic heterocycles. The van der Waals surface area contributed by atoms with Crippen LogP contribution in [0.25, 0.3) is 0 Å². The summed E-state index contributed by atoms with van der Waals surface area (Å²) in [7, 11) is 0. The van der Waals surface area contributed by atoms with Gasteiger partial charge in [0.1, 0.15) is 12.4 Å². The van der Waals surface area contributed by atoms with Crippen molar-refractivity contribution < 1.29 is 9.84 Å². The highest BCUT2D eigenvalue weighted by atomic mass is 32.1. The minimum absolute atomic E-state index is 0.281. The number of benzene rings is 1. The van der Waals surface area contributed by atoms with Crippen LogP contribution in [0.15, 0.2) is 35.7 Å². The Bertz CT molecular complexity index is 505. The lowest BCUT2D eigenvalue weighted by molar-refractivity contribution is 0.180. The van der Waals surface area contributed by atoms with E-state index in [2.05, 4.69) is 17.5 Å². The summed E-state index contributed by atoms with van der Waals surface area (Å²) in [5.74, 6) is 0.895. The molecular weight excluding hydrogens is 232 g/mol. The molecule has 0 spiro atoms. The predicted octanol–water partition coefficient (Wildman–Crippen LogP) is 3.31. The molecule has 2 nitrogen and oxygen atoms in total. The molecule has 0 unspecified atom stereocenters. The molecular formula is C14H14O2S. The lowest BCUT2D eigenvalue weighted by Gasteiger charge is -2.08. The fourth-order valence-electron chi connectivity index (χ4n) is 2.21. The summed E-state index contributed by atoms with van der Waals surface area (Å²) < 4.78 is 5.74. The number of ether oxygens (including phenoxy) is 1. The van der Waals surface area contributed by atoms with Crippen LogP contribution in [0, 0.1) is 0 Å². The molecule has 0 radical (unpaired) electrons. The summed E-state index contributed by atoms with van der Waals surface area (Å²) in [6, 6.07) is 10.1. The second-order valence-corrected chi connectivity index (χ2v) is 5.32. The van der Waals surface area contributed by atoms with Crippen LogP contribution in [0.3, 0.4) is 0 Å². The summed E-state index contributed by atoms with van der Waals surface area (Å²) in [6.07, 6.45) is 1.51. The Balaban J connectivity index is 1.72. The van der Waals surface area contributed by atoms with Crippen molar-refractivity contribution in [3.05, 3.63) is 51.7 Å². The van der Waals surface area contributed by atoms with Crippen LogP contribution >= 0.6 is 11.3 Å². The van der Waals surface area contributed by atoms with Gasteiger partial charge in [0.2, 0.25) is 0 Å². The third-order valence-electron chi connectivity index (χ3n) is 3.12. The lowest BCUT2D eigenvalue weighted by Crippen LogP contribution is -1.95. The minimum atomic E-state index is -0.281. The van der Waals surface area contributed by atoms with Crippen molar-refractivity contribution in [3.63, 3.8) is 0 Å². The Morgan fingerprint density at radius 1 is 1.35 bits per heavy atom. The highest BCUT2D eigenvalue weighted by molar-refractivity contribution is 7.09. The van der Waals surface area contributed by atoms with Crippen molar-refractivity contribution >= 4 is 11.3 Å². The average Bonchev–Trinajstić information content (AvgIpc) is 2.97. The first-order valence-electron chi connectivity index (χ1n) is 5.79. The van der Waals surface area contributed by atoms with E-state index < -0.39 is 0 Å². The van der Waals surface area contributed by atoms with E-state index in [1.807, 2.05) is 18.2 Å². The standard InChI is InChI=1S/C14H14O2S/c15-14-6-3-10-8-11(4-5-13(10)14)16-9-12-2-1-7-17-12/h1-2,4-5,7-8,14-15H,3,6,9H2/t14-/m1/s1. The first-order valence-corrected chi connectivity index (χ1v) is 6.67. The van der Waals surface area contributed by atoms with Crippen LogP contribution in [0.5, 0.6) is 5.75 Å². The van der Waals surface area contributed by atoms with E-state index in [-0.39, 0.29) is 6.10 Å². The van der Waals surface area contributed by atoms with Crippen LogP contribution in [0.2, 0.25) is 0 Å². The van der Waals surface area contributed by atoms with E-state index in [0.29, 0.717) is 6.61 Å². The van der Waals surface area contributed by atoms with E-state index in [4.69, 9.17) is 4.74 Å². The van der Waals surface area contributed by atoms with Gasteiger partial charge in [-0.1, -0.05) is 12.1 Å². The molecule has 2 aromatic rings. The van der Waals surface area contributed by atoms with Gasteiger partial charge in [-0.05, 0) is 47.5 Å². The number of rotatable bonds is 3. The Kier molecular flexibility index (Phi) is 2.87. The van der Waals surface area contributed by atoms with Gasteiger partial charge in [-0.15, -0.1) is 11.3 Å². The normalized spacial score (nSPS) is 18.1. The molecule has 0 saturated carbocycles. The van der Waals surface area contributed by atoms with Gasteiger partial charge >= 0.3 is 0 Å². The molecule has 1 aromatic carbocycles. The molecule has 3 heteroatoms. The topological polar surface area (TPSA) is 29.5 Å². The fourth-order valence-corrected chi connectivity index (χ4v) is 2.83. The Hall–Kier alpha value is -1.32. The van der Waals surface area contributed by atoms with Crippen LogP contribution in [-0.2, 0) is 13.0 Å². The smallest absolute Gasteiger partial charge is 0.122 e. The van der Waals surface area contributed by atoms with Gasteiger partial charge in [-0.2, -0.15) is 0 Å². The molecule has 1 aromatic heterocycles. The van der Waals surface area contributed by atoms with E-state index in [1.165, 1.54) is 10.4 Å². The predicted molar refractivity (Wildman–Crippen MR) is 68.4 cm³/mol. The summed E-state index contributed by atoms with van der Waals surface area (Å²) in [5, 5.41) is 11.8. The number of fused-ring (bicyclic) bond motifs is 1. The molecule has 1 aliphatic carbocycles. The van der Waals surface area contributed by atoms with Gasteiger partial charge in [-0.25, -0.2) is 0 Å². The number of aryl methyl sites for hydroxylation is 1. The number of aliphatic hydroxyl groups excluding tert-OH is 1. The van der Waals surface area contributed by atoms with Crippen LogP contribution in [0.1, 0.15) is 28.5 Å². The average molecular weight is 246 g/mol. The molecule has 88 valence electrons. The van der Waals surface area contributed by atoms with Crippen molar-refractivity contribution in [1.29, 1.82) is 0 Å². The number of hydrogen-bond donors (Lipinski definition) is 1. The number of hydrogen-bond acceptors (Lipinski definition) is 3. The van der Waals surface area contributed by atoms with E-state index in [0.717, 1.165) is 24.2 Å². The van der Waals surface area contributed by atoms with Crippen molar-refractivity contribution in [2.45, 2.75) is 25.6 Å². The van der Waals surface area contributed by atoms with Crippen LogP contribution in [0.4, 0.5) is 0 Å². The van der Waals surface area contributed by atoms with Gasteiger partial charge < -0.3 is 9.84 Å². The third-order valence-corrected chi connectivity index (χ3v) is 3.97. The van der Waals surface area contributed by atoms with Gasteiger partial charge in [0.15, 0.2) is 0 Å². The quantitative estimate of drug-likeness (QED) is 0.900. The molecule has 0 bridgehead atoms. The molecule has 1 heterocycles.